The van der Waals surface area contributed by atoms with Crippen molar-refractivity contribution in [3.8, 4) is 0 Å². The number of benzene rings is 1. The number of hydrogen-bond donors (Lipinski definition) is 3. The zero-order valence-electron chi connectivity index (χ0n) is 12.7. The quantitative estimate of drug-likeness (QED) is 0.812. The molecule has 2 amide bonds. The Hall–Kier alpha value is -2.34. The fourth-order valence-electron chi connectivity index (χ4n) is 2.22. The van der Waals surface area contributed by atoms with Gasteiger partial charge in [-0.3, -0.25) is 0 Å². The Morgan fingerprint density at radius 3 is 2.50 bits per heavy atom. The van der Waals surface area contributed by atoms with Crippen molar-refractivity contribution in [3.63, 3.8) is 0 Å². The Kier molecular flexibility index (Phi) is 4.51. The van der Waals surface area contributed by atoms with Crippen molar-refractivity contribution >= 4 is 11.7 Å². The Morgan fingerprint density at radius 1 is 1.32 bits per heavy atom. The van der Waals surface area contributed by atoms with Crippen molar-refractivity contribution < 1.29 is 18.7 Å². The van der Waals surface area contributed by atoms with E-state index >= 15 is 0 Å². The summed E-state index contributed by atoms with van der Waals surface area (Å²) in [7, 11) is 0. The van der Waals surface area contributed by atoms with E-state index < -0.39 is 11.6 Å². The number of aryl methyl sites for hydroxylation is 2. The lowest BCUT2D eigenvalue weighted by Crippen LogP contribution is -2.40. The van der Waals surface area contributed by atoms with Crippen molar-refractivity contribution in [1.82, 2.24) is 5.32 Å². The molecule has 1 atom stereocenters. The molecule has 0 saturated heterocycles. The smallest absolute Gasteiger partial charge is 0.319 e. The van der Waals surface area contributed by atoms with Crippen LogP contribution in [0.4, 0.5) is 14.9 Å². The molecule has 22 heavy (non-hydrogen) atoms. The number of hydrogen-bond acceptors (Lipinski definition) is 3. The van der Waals surface area contributed by atoms with E-state index in [4.69, 9.17) is 4.42 Å². The molecular formula is C16H19FN2O3. The predicted molar refractivity (Wildman–Crippen MR) is 81.2 cm³/mol. The maximum Gasteiger partial charge on any atom is 0.319 e. The van der Waals surface area contributed by atoms with Crippen molar-refractivity contribution in [3.05, 3.63) is 53.2 Å². The van der Waals surface area contributed by atoms with Crippen LogP contribution >= 0.6 is 0 Å². The summed E-state index contributed by atoms with van der Waals surface area (Å²) >= 11 is 0. The highest BCUT2D eigenvalue weighted by molar-refractivity contribution is 5.89. The molecule has 3 N–H and O–H groups in total. The zero-order chi connectivity index (χ0) is 16.3. The largest absolute Gasteiger partial charge is 0.466 e. The fourth-order valence-corrected chi connectivity index (χ4v) is 2.22. The first-order chi connectivity index (χ1) is 10.3. The van der Waals surface area contributed by atoms with Gasteiger partial charge in [-0.15, -0.1) is 0 Å². The van der Waals surface area contributed by atoms with E-state index in [0.717, 1.165) is 0 Å². The number of carbonyl (C=O) groups is 1. The molecule has 5 nitrogen and oxygen atoms in total. The minimum Gasteiger partial charge on any atom is -0.466 e. The van der Waals surface area contributed by atoms with Crippen LogP contribution in [0.2, 0.25) is 0 Å². The molecule has 2 aromatic rings. The number of halogens is 1. The number of aliphatic hydroxyl groups is 1. The SMILES string of the molecule is Cc1cc(C(C)(O)CNC(=O)Nc2ccc(F)cc2)c(C)o1. The van der Waals surface area contributed by atoms with Gasteiger partial charge in [0.25, 0.3) is 0 Å². The fraction of sp³-hybridized carbons (Fsp3) is 0.312. The third-order valence-electron chi connectivity index (χ3n) is 3.32. The van der Waals surface area contributed by atoms with E-state index in [1.807, 2.05) is 0 Å². The van der Waals surface area contributed by atoms with Crippen LogP contribution in [-0.2, 0) is 5.60 Å². The molecule has 6 heteroatoms. The van der Waals surface area contributed by atoms with E-state index in [0.29, 0.717) is 22.8 Å². The highest BCUT2D eigenvalue weighted by Crippen LogP contribution is 2.26. The summed E-state index contributed by atoms with van der Waals surface area (Å²) in [5.41, 5.74) is -0.150. The summed E-state index contributed by atoms with van der Waals surface area (Å²) in [4.78, 5) is 11.8. The lowest BCUT2D eigenvalue weighted by molar-refractivity contribution is 0.0584. The Bertz CT molecular complexity index is 663. The Balaban J connectivity index is 1.95. The summed E-state index contributed by atoms with van der Waals surface area (Å²) < 4.78 is 18.2. The standard InChI is InChI=1S/C16H19FN2O3/c1-10-8-14(11(2)22-10)16(3,21)9-18-15(20)19-13-6-4-12(17)5-7-13/h4-8,21H,9H2,1-3H3,(H2,18,19,20). The maximum absolute atomic E-state index is 12.8. The second-order valence-corrected chi connectivity index (χ2v) is 5.42. The first-order valence-electron chi connectivity index (χ1n) is 6.88. The molecule has 0 fully saturated rings. The van der Waals surface area contributed by atoms with Gasteiger partial charge in [0, 0.05) is 11.3 Å². The van der Waals surface area contributed by atoms with Crippen molar-refractivity contribution in [2.75, 3.05) is 11.9 Å². The Labute approximate surface area is 128 Å². The molecule has 1 heterocycles. The van der Waals surface area contributed by atoms with Gasteiger partial charge < -0.3 is 20.2 Å². The van der Waals surface area contributed by atoms with Crippen LogP contribution in [0, 0.1) is 19.7 Å². The van der Waals surface area contributed by atoms with Gasteiger partial charge in [0.05, 0.1) is 6.54 Å². The van der Waals surface area contributed by atoms with Gasteiger partial charge in [-0.1, -0.05) is 0 Å². The second-order valence-electron chi connectivity index (χ2n) is 5.42. The van der Waals surface area contributed by atoms with Gasteiger partial charge in [0.15, 0.2) is 0 Å². The topological polar surface area (TPSA) is 74.5 Å². The number of carbonyl (C=O) groups excluding carboxylic acids is 1. The number of rotatable bonds is 4. The lowest BCUT2D eigenvalue weighted by atomic mass is 9.96. The molecule has 0 bridgehead atoms. The summed E-state index contributed by atoms with van der Waals surface area (Å²) in [5, 5.41) is 15.6. The van der Waals surface area contributed by atoms with Gasteiger partial charge in [0.2, 0.25) is 0 Å². The summed E-state index contributed by atoms with van der Waals surface area (Å²) in [6.07, 6.45) is 0. The number of urea groups is 1. The van der Waals surface area contributed by atoms with E-state index in [9.17, 15) is 14.3 Å². The summed E-state index contributed by atoms with van der Waals surface area (Å²) in [6.45, 7) is 5.17. The van der Waals surface area contributed by atoms with Crippen LogP contribution in [0.1, 0.15) is 24.0 Å². The van der Waals surface area contributed by atoms with Gasteiger partial charge in [-0.05, 0) is 51.1 Å². The second kappa shape index (κ2) is 6.19. The van der Waals surface area contributed by atoms with Crippen molar-refractivity contribution in [1.29, 1.82) is 0 Å². The van der Waals surface area contributed by atoms with Gasteiger partial charge >= 0.3 is 6.03 Å². The minimum atomic E-state index is -1.25. The highest BCUT2D eigenvalue weighted by Gasteiger charge is 2.28. The number of anilines is 1. The van der Waals surface area contributed by atoms with Crippen molar-refractivity contribution in [2.24, 2.45) is 0 Å². The van der Waals surface area contributed by atoms with E-state index in [2.05, 4.69) is 10.6 Å². The number of amides is 2. The van der Waals surface area contributed by atoms with Gasteiger partial charge in [-0.2, -0.15) is 0 Å². The Morgan fingerprint density at radius 2 is 1.95 bits per heavy atom. The van der Waals surface area contributed by atoms with Gasteiger partial charge in [0.1, 0.15) is 22.9 Å². The van der Waals surface area contributed by atoms with Crippen LogP contribution in [0.3, 0.4) is 0 Å². The third-order valence-corrected chi connectivity index (χ3v) is 3.32. The molecule has 118 valence electrons. The first-order valence-corrected chi connectivity index (χ1v) is 6.88. The van der Waals surface area contributed by atoms with Crippen molar-refractivity contribution in [2.45, 2.75) is 26.4 Å². The van der Waals surface area contributed by atoms with Crippen LogP contribution in [0.15, 0.2) is 34.7 Å². The summed E-state index contributed by atoms with van der Waals surface area (Å²) in [6, 6.07) is 6.68. The van der Waals surface area contributed by atoms with Crippen LogP contribution in [-0.4, -0.2) is 17.7 Å². The van der Waals surface area contributed by atoms with Gasteiger partial charge in [-0.25, -0.2) is 9.18 Å². The monoisotopic (exact) mass is 306 g/mol. The van der Waals surface area contributed by atoms with E-state index in [1.165, 1.54) is 24.3 Å². The molecule has 2 rings (SSSR count). The molecule has 1 unspecified atom stereocenters. The summed E-state index contributed by atoms with van der Waals surface area (Å²) in [5.74, 6) is 0.937. The molecule has 0 aliphatic carbocycles. The van der Waals surface area contributed by atoms with Crippen LogP contribution in [0.25, 0.3) is 0 Å². The molecule has 0 saturated carbocycles. The average molecular weight is 306 g/mol. The van der Waals surface area contributed by atoms with E-state index in [-0.39, 0.29) is 12.4 Å². The zero-order valence-corrected chi connectivity index (χ0v) is 12.7. The molecule has 0 spiro atoms. The lowest BCUT2D eigenvalue weighted by Gasteiger charge is -2.23. The molecule has 1 aromatic heterocycles. The van der Waals surface area contributed by atoms with E-state index in [1.54, 1.807) is 26.8 Å². The highest BCUT2D eigenvalue weighted by atomic mass is 19.1. The molecule has 0 radical (unpaired) electrons. The first kappa shape index (κ1) is 16.0. The molecule has 1 aromatic carbocycles. The van der Waals surface area contributed by atoms with Crippen LogP contribution < -0.4 is 10.6 Å². The average Bonchev–Trinajstić information content (AvgIpc) is 2.79. The molecule has 0 aliphatic heterocycles. The number of furan rings is 1. The molecule has 0 aliphatic rings. The maximum atomic E-state index is 12.8. The van der Waals surface area contributed by atoms with Crippen LogP contribution in [0.5, 0.6) is 0 Å². The molecular weight excluding hydrogens is 287 g/mol. The predicted octanol–water partition coefficient (Wildman–Crippen LogP) is 3.06. The minimum absolute atomic E-state index is 0.0137. The normalized spacial score (nSPS) is 13.5. The number of nitrogens with one attached hydrogen (secondary N) is 2. The third kappa shape index (κ3) is 3.85.